The first-order valence-corrected chi connectivity index (χ1v) is 14.4. The van der Waals surface area contributed by atoms with E-state index < -0.39 is 23.8 Å². The van der Waals surface area contributed by atoms with Crippen LogP contribution in [-0.4, -0.2) is 64.6 Å². The van der Waals surface area contributed by atoms with E-state index in [1.807, 2.05) is 18.7 Å². The highest BCUT2D eigenvalue weighted by atomic mass is 19.4. The number of aryl methyl sites for hydroxylation is 2. The third kappa shape index (κ3) is 7.31. The van der Waals surface area contributed by atoms with E-state index >= 15 is 0 Å². The molecule has 214 valence electrons. The molecular weight excluding hydrogens is 505 g/mol. The van der Waals surface area contributed by atoms with Crippen molar-refractivity contribution < 1.29 is 23.1 Å². The Balaban J connectivity index is 0.00000172. The van der Waals surface area contributed by atoms with Gasteiger partial charge in [-0.15, -0.1) is 0 Å². The number of halogens is 3. The van der Waals surface area contributed by atoms with Crippen molar-refractivity contribution in [3.8, 4) is 0 Å². The van der Waals surface area contributed by atoms with Crippen LogP contribution in [0.15, 0.2) is 36.4 Å². The molecule has 2 saturated heterocycles. The number of hydrogen-bond donors (Lipinski definition) is 2. The van der Waals surface area contributed by atoms with Crippen LogP contribution in [0.5, 0.6) is 0 Å². The highest BCUT2D eigenvalue weighted by molar-refractivity contribution is 5.75. The number of piperidine rings is 1. The Labute approximate surface area is 229 Å². The lowest BCUT2D eigenvalue weighted by Gasteiger charge is -2.36. The molecule has 1 aromatic carbocycles. The number of aliphatic carboxylic acids is 1. The predicted molar refractivity (Wildman–Crippen MR) is 147 cm³/mol. The first-order chi connectivity index (χ1) is 18.8. The minimum Gasteiger partial charge on any atom is -0.480 e. The molecule has 5 rings (SSSR count). The van der Waals surface area contributed by atoms with Crippen molar-refractivity contribution in [1.82, 2.24) is 14.8 Å². The van der Waals surface area contributed by atoms with Gasteiger partial charge in [-0.05, 0) is 93.3 Å². The zero-order chi connectivity index (χ0) is 28.0. The summed E-state index contributed by atoms with van der Waals surface area (Å²) in [6.07, 6.45) is 3.08. The molecule has 39 heavy (non-hydrogen) atoms. The molecule has 0 bridgehead atoms. The molecule has 0 saturated carbocycles. The van der Waals surface area contributed by atoms with Gasteiger partial charge < -0.3 is 10.4 Å². The number of nitrogens with one attached hydrogen (secondary N) is 1. The van der Waals surface area contributed by atoms with E-state index in [2.05, 4.69) is 22.3 Å². The predicted octanol–water partition coefficient (Wildman–Crippen LogP) is 6.03. The van der Waals surface area contributed by atoms with Crippen LogP contribution in [0, 0.1) is 5.92 Å². The normalized spacial score (nSPS) is 21.4. The molecule has 3 aliphatic heterocycles. The van der Waals surface area contributed by atoms with Crippen molar-refractivity contribution in [1.29, 1.82) is 0 Å². The summed E-state index contributed by atoms with van der Waals surface area (Å²) >= 11 is 0. The highest BCUT2D eigenvalue weighted by Crippen LogP contribution is 2.33. The van der Waals surface area contributed by atoms with Gasteiger partial charge in [-0.2, -0.15) is 13.2 Å². The largest absolute Gasteiger partial charge is 0.480 e. The Hall–Kier alpha value is -2.65. The number of aromatic nitrogens is 1. The molecule has 0 radical (unpaired) electrons. The fourth-order valence-corrected chi connectivity index (χ4v) is 6.13. The fraction of sp³-hybridized carbons (Fsp3) is 0.600. The number of likely N-dealkylation sites (tertiary alicyclic amines) is 2. The smallest absolute Gasteiger partial charge is 0.416 e. The molecular formula is C30H41F3N4O2. The number of fused-ring (bicyclic) bond motifs is 1. The van der Waals surface area contributed by atoms with Crippen LogP contribution in [0.2, 0.25) is 0 Å². The van der Waals surface area contributed by atoms with Crippen LogP contribution in [0.1, 0.15) is 74.4 Å². The number of pyridine rings is 1. The molecule has 4 heterocycles. The zero-order valence-electron chi connectivity index (χ0n) is 23.0. The molecule has 0 amide bonds. The van der Waals surface area contributed by atoms with Crippen LogP contribution >= 0.6 is 0 Å². The van der Waals surface area contributed by atoms with Gasteiger partial charge in [0.15, 0.2) is 0 Å². The Morgan fingerprint density at radius 1 is 1.08 bits per heavy atom. The lowest BCUT2D eigenvalue weighted by Crippen LogP contribution is -2.43. The highest BCUT2D eigenvalue weighted by Gasteiger charge is 2.37. The van der Waals surface area contributed by atoms with Gasteiger partial charge in [0.1, 0.15) is 11.9 Å². The molecule has 2 aromatic rings. The van der Waals surface area contributed by atoms with E-state index in [0.717, 1.165) is 88.2 Å². The molecule has 0 aliphatic carbocycles. The minimum absolute atomic E-state index is 0.283. The van der Waals surface area contributed by atoms with Gasteiger partial charge in [0, 0.05) is 31.4 Å². The fourth-order valence-electron chi connectivity index (χ4n) is 6.13. The first-order valence-electron chi connectivity index (χ1n) is 14.4. The lowest BCUT2D eigenvalue weighted by molar-refractivity contribution is -0.143. The van der Waals surface area contributed by atoms with E-state index in [0.29, 0.717) is 24.6 Å². The van der Waals surface area contributed by atoms with Crippen molar-refractivity contribution in [2.75, 3.05) is 38.0 Å². The summed E-state index contributed by atoms with van der Waals surface area (Å²) in [5.74, 6) is 0.698. The Bertz CT molecular complexity index is 1080. The number of hydrogen-bond acceptors (Lipinski definition) is 5. The molecule has 9 heteroatoms. The molecule has 1 aromatic heterocycles. The number of carboxylic acid groups (broad SMARTS) is 1. The van der Waals surface area contributed by atoms with Crippen molar-refractivity contribution in [2.24, 2.45) is 5.92 Å². The number of carboxylic acids is 1. The summed E-state index contributed by atoms with van der Waals surface area (Å²) in [6, 6.07) is 8.28. The third-order valence-corrected chi connectivity index (χ3v) is 8.27. The van der Waals surface area contributed by atoms with E-state index in [9.17, 15) is 23.1 Å². The average Bonchev–Trinajstić information content (AvgIpc) is 3.42. The molecule has 3 aliphatic rings. The average molecular weight is 547 g/mol. The Morgan fingerprint density at radius 2 is 1.79 bits per heavy atom. The SMILES string of the molecule is CC.O=C(O)C(c1ccc(C(F)(F)F)cc1)N1CCC(N2CCC(CCc3ccc4c(n3)NCCC4)CC2)C1. The second-order valence-electron chi connectivity index (χ2n) is 10.7. The van der Waals surface area contributed by atoms with Gasteiger partial charge in [0.25, 0.3) is 0 Å². The molecule has 0 spiro atoms. The van der Waals surface area contributed by atoms with Gasteiger partial charge >= 0.3 is 12.1 Å². The van der Waals surface area contributed by atoms with Crippen LogP contribution in [0.25, 0.3) is 0 Å². The number of anilines is 1. The number of carbonyl (C=O) groups is 1. The van der Waals surface area contributed by atoms with Crippen LogP contribution in [0.4, 0.5) is 19.0 Å². The number of nitrogens with zero attached hydrogens (tertiary/aromatic N) is 3. The minimum atomic E-state index is -4.43. The maximum absolute atomic E-state index is 12.9. The summed E-state index contributed by atoms with van der Waals surface area (Å²) in [5, 5.41) is 13.3. The molecule has 2 fully saturated rings. The Kier molecular flexibility index (Phi) is 9.88. The van der Waals surface area contributed by atoms with Crippen LogP contribution in [0.3, 0.4) is 0 Å². The topological polar surface area (TPSA) is 68.7 Å². The molecule has 2 N–H and O–H groups in total. The lowest BCUT2D eigenvalue weighted by atomic mass is 9.90. The van der Waals surface area contributed by atoms with Crippen molar-refractivity contribution in [3.63, 3.8) is 0 Å². The number of rotatable bonds is 7. The van der Waals surface area contributed by atoms with E-state index in [1.54, 1.807) is 0 Å². The molecule has 2 unspecified atom stereocenters. The Morgan fingerprint density at radius 3 is 2.46 bits per heavy atom. The second-order valence-corrected chi connectivity index (χ2v) is 10.7. The number of benzene rings is 1. The monoisotopic (exact) mass is 546 g/mol. The standard InChI is InChI=1S/C28H35F3N4O2.C2H6/c29-28(30,31)22-7-4-20(5-8-22)25(27(36)37)35-17-13-24(18-35)34-15-11-19(12-16-34)3-9-23-10-6-21-2-1-14-32-26(21)33-23;1-2/h4-8,10,19,24-25H,1-3,9,11-18H2,(H,32,33)(H,36,37);1-2H3. The molecule has 6 nitrogen and oxygen atoms in total. The van der Waals surface area contributed by atoms with Gasteiger partial charge in [0.05, 0.1) is 5.56 Å². The van der Waals surface area contributed by atoms with Crippen LogP contribution < -0.4 is 5.32 Å². The summed E-state index contributed by atoms with van der Waals surface area (Å²) < 4.78 is 38.8. The molecule has 2 atom stereocenters. The van der Waals surface area contributed by atoms with Crippen molar-refractivity contribution in [2.45, 2.75) is 77.1 Å². The third-order valence-electron chi connectivity index (χ3n) is 8.27. The van der Waals surface area contributed by atoms with Gasteiger partial charge in [-0.25, -0.2) is 4.98 Å². The van der Waals surface area contributed by atoms with Crippen LogP contribution in [-0.2, 0) is 23.8 Å². The van der Waals surface area contributed by atoms with Crippen molar-refractivity contribution in [3.05, 3.63) is 58.8 Å². The van der Waals surface area contributed by atoms with Gasteiger partial charge in [0.2, 0.25) is 0 Å². The van der Waals surface area contributed by atoms with E-state index in [-0.39, 0.29) is 6.04 Å². The second kappa shape index (κ2) is 13.1. The summed E-state index contributed by atoms with van der Waals surface area (Å²) in [7, 11) is 0. The zero-order valence-corrected chi connectivity index (χ0v) is 23.0. The quantitative estimate of drug-likeness (QED) is 0.442. The van der Waals surface area contributed by atoms with Gasteiger partial charge in [-0.3, -0.25) is 14.6 Å². The summed E-state index contributed by atoms with van der Waals surface area (Å²) in [4.78, 5) is 21.3. The maximum atomic E-state index is 12.9. The van der Waals surface area contributed by atoms with Gasteiger partial charge in [-0.1, -0.05) is 32.0 Å². The summed E-state index contributed by atoms with van der Waals surface area (Å²) in [6.45, 7) is 8.24. The maximum Gasteiger partial charge on any atom is 0.416 e. The van der Waals surface area contributed by atoms with E-state index in [4.69, 9.17) is 4.98 Å². The van der Waals surface area contributed by atoms with Crippen molar-refractivity contribution >= 4 is 11.8 Å². The first kappa shape index (κ1) is 29.3. The van der Waals surface area contributed by atoms with E-state index in [1.165, 1.54) is 17.7 Å². The number of alkyl halides is 3. The summed E-state index contributed by atoms with van der Waals surface area (Å²) in [5.41, 5.74) is 2.11.